The molecule has 0 aliphatic rings. The van der Waals surface area contributed by atoms with E-state index in [1.807, 2.05) is 6.92 Å². The van der Waals surface area contributed by atoms with Crippen molar-refractivity contribution in [3.8, 4) is 0 Å². The van der Waals surface area contributed by atoms with Gasteiger partial charge in [-0.3, -0.25) is 0 Å². The van der Waals surface area contributed by atoms with E-state index in [4.69, 9.17) is 9.47 Å². The fourth-order valence-electron chi connectivity index (χ4n) is 1.18. The third kappa shape index (κ3) is 3.88. The van der Waals surface area contributed by atoms with Crippen molar-refractivity contribution < 1.29 is 9.47 Å². The van der Waals surface area contributed by atoms with Crippen LogP contribution in [-0.2, 0) is 9.47 Å². The van der Waals surface area contributed by atoms with Gasteiger partial charge in [0.05, 0.1) is 0 Å². The number of ether oxygens (including phenoxy) is 2. The van der Waals surface area contributed by atoms with E-state index < -0.39 is 0 Å². The molecule has 2 nitrogen and oxygen atoms in total. The zero-order chi connectivity index (χ0) is 9.40. The van der Waals surface area contributed by atoms with E-state index >= 15 is 0 Å². The van der Waals surface area contributed by atoms with E-state index in [0.717, 1.165) is 6.42 Å². The molecule has 0 radical (unpaired) electrons. The van der Waals surface area contributed by atoms with Gasteiger partial charge in [0.1, 0.15) is 0 Å². The number of methoxy groups -OCH3 is 2. The minimum atomic E-state index is -0.151. The molecule has 0 saturated heterocycles. The van der Waals surface area contributed by atoms with Crippen LogP contribution in [0.4, 0.5) is 0 Å². The van der Waals surface area contributed by atoms with Crippen molar-refractivity contribution in [2.24, 2.45) is 0 Å². The van der Waals surface area contributed by atoms with Gasteiger partial charge in [0.15, 0.2) is 6.29 Å². The van der Waals surface area contributed by atoms with E-state index in [0.29, 0.717) is 0 Å². The van der Waals surface area contributed by atoms with Gasteiger partial charge in [0, 0.05) is 14.2 Å². The van der Waals surface area contributed by atoms with Gasteiger partial charge in [-0.15, -0.1) is 0 Å². The highest BCUT2D eigenvalue weighted by Crippen LogP contribution is 2.14. The average Bonchev–Trinajstić information content (AvgIpc) is 2.12. The molecule has 2 heteroatoms. The highest BCUT2D eigenvalue weighted by Gasteiger charge is 2.09. The summed E-state index contributed by atoms with van der Waals surface area (Å²) in [6, 6.07) is 0. The number of hydrogen-bond donors (Lipinski definition) is 0. The Balaban J connectivity index is 3.95. The molecule has 0 heterocycles. The van der Waals surface area contributed by atoms with Crippen molar-refractivity contribution in [3.05, 3.63) is 11.6 Å². The Bertz CT molecular complexity index is 126. The van der Waals surface area contributed by atoms with E-state index in [1.54, 1.807) is 14.2 Å². The zero-order valence-electron chi connectivity index (χ0n) is 8.59. The van der Waals surface area contributed by atoms with Crippen LogP contribution in [0.1, 0.15) is 33.1 Å². The number of unbranched alkanes of at least 4 members (excludes halogenated alkanes) is 1. The Hall–Kier alpha value is -0.340. The summed E-state index contributed by atoms with van der Waals surface area (Å²) in [4.78, 5) is 0. The predicted octanol–water partition coefficient (Wildman–Crippen LogP) is 2.74. The second-order valence-electron chi connectivity index (χ2n) is 2.77. The molecule has 0 aliphatic heterocycles. The topological polar surface area (TPSA) is 18.5 Å². The van der Waals surface area contributed by atoms with Gasteiger partial charge in [-0.2, -0.15) is 0 Å². The van der Waals surface area contributed by atoms with Crippen molar-refractivity contribution in [3.63, 3.8) is 0 Å². The average molecular weight is 172 g/mol. The predicted molar refractivity (Wildman–Crippen MR) is 51.1 cm³/mol. The summed E-state index contributed by atoms with van der Waals surface area (Å²) in [5.41, 5.74) is 1.24. The fraction of sp³-hybridized carbons (Fsp3) is 0.800. The fourth-order valence-corrected chi connectivity index (χ4v) is 1.18. The summed E-state index contributed by atoms with van der Waals surface area (Å²) in [6.45, 7) is 4.21. The summed E-state index contributed by atoms with van der Waals surface area (Å²) >= 11 is 0. The van der Waals surface area contributed by atoms with Crippen molar-refractivity contribution in [2.75, 3.05) is 14.2 Å². The van der Waals surface area contributed by atoms with Crippen molar-refractivity contribution in [2.45, 2.75) is 39.4 Å². The molecular weight excluding hydrogens is 152 g/mol. The van der Waals surface area contributed by atoms with Gasteiger partial charge in [0.2, 0.25) is 0 Å². The van der Waals surface area contributed by atoms with Crippen molar-refractivity contribution in [1.29, 1.82) is 0 Å². The Morgan fingerprint density at radius 3 is 2.25 bits per heavy atom. The van der Waals surface area contributed by atoms with Crippen LogP contribution in [0.2, 0.25) is 0 Å². The third-order valence-electron chi connectivity index (χ3n) is 1.92. The number of allylic oxidation sites excluding steroid dienone is 1. The molecule has 0 spiro atoms. The quantitative estimate of drug-likeness (QED) is 0.453. The Labute approximate surface area is 75.6 Å². The molecule has 0 aliphatic carbocycles. The SMILES string of the molecule is C/C=C(\CCCC)C(OC)OC. The Morgan fingerprint density at radius 2 is 1.92 bits per heavy atom. The lowest BCUT2D eigenvalue weighted by molar-refractivity contribution is -0.0768. The molecule has 0 unspecified atom stereocenters. The summed E-state index contributed by atoms with van der Waals surface area (Å²) in [5, 5.41) is 0. The molecule has 0 aromatic rings. The second-order valence-corrected chi connectivity index (χ2v) is 2.77. The van der Waals surface area contributed by atoms with Crippen LogP contribution in [0, 0.1) is 0 Å². The molecule has 0 atom stereocenters. The van der Waals surface area contributed by atoms with E-state index in [1.165, 1.54) is 18.4 Å². The van der Waals surface area contributed by atoms with Crippen LogP contribution < -0.4 is 0 Å². The number of hydrogen-bond acceptors (Lipinski definition) is 2. The van der Waals surface area contributed by atoms with Crippen molar-refractivity contribution >= 4 is 0 Å². The standard InChI is InChI=1S/C10H20O2/c1-5-7-8-9(6-2)10(11-3)12-4/h6,10H,5,7-8H2,1-4H3/b9-6+. The molecule has 0 aromatic carbocycles. The van der Waals surface area contributed by atoms with Crippen LogP contribution in [-0.4, -0.2) is 20.5 Å². The molecule has 0 saturated carbocycles. The van der Waals surface area contributed by atoms with Gasteiger partial charge in [0.25, 0.3) is 0 Å². The first-order chi connectivity index (χ1) is 5.79. The van der Waals surface area contributed by atoms with Gasteiger partial charge in [-0.05, 0) is 25.3 Å². The summed E-state index contributed by atoms with van der Waals surface area (Å²) in [5.74, 6) is 0. The molecule has 0 fully saturated rings. The van der Waals surface area contributed by atoms with Crippen LogP contribution >= 0.6 is 0 Å². The van der Waals surface area contributed by atoms with E-state index in [2.05, 4.69) is 13.0 Å². The second kappa shape index (κ2) is 7.32. The molecular formula is C10H20O2. The van der Waals surface area contributed by atoms with Crippen LogP contribution in [0.5, 0.6) is 0 Å². The van der Waals surface area contributed by atoms with Crippen LogP contribution in [0.25, 0.3) is 0 Å². The highest BCUT2D eigenvalue weighted by atomic mass is 16.7. The molecule has 12 heavy (non-hydrogen) atoms. The smallest absolute Gasteiger partial charge is 0.179 e. The normalized spacial score (nSPS) is 12.6. The molecule has 0 aromatic heterocycles. The minimum Gasteiger partial charge on any atom is -0.352 e. The summed E-state index contributed by atoms with van der Waals surface area (Å²) in [6.07, 6.45) is 5.40. The van der Waals surface area contributed by atoms with E-state index in [-0.39, 0.29) is 6.29 Å². The monoisotopic (exact) mass is 172 g/mol. The lowest BCUT2D eigenvalue weighted by Gasteiger charge is -2.16. The van der Waals surface area contributed by atoms with E-state index in [9.17, 15) is 0 Å². The lowest BCUT2D eigenvalue weighted by Crippen LogP contribution is -2.15. The highest BCUT2D eigenvalue weighted by molar-refractivity contribution is 5.03. The maximum atomic E-state index is 5.16. The Morgan fingerprint density at radius 1 is 1.33 bits per heavy atom. The first-order valence-corrected chi connectivity index (χ1v) is 4.50. The minimum absolute atomic E-state index is 0.151. The van der Waals surface area contributed by atoms with Crippen molar-refractivity contribution in [1.82, 2.24) is 0 Å². The van der Waals surface area contributed by atoms with Gasteiger partial charge >= 0.3 is 0 Å². The largest absolute Gasteiger partial charge is 0.352 e. The lowest BCUT2D eigenvalue weighted by atomic mass is 10.1. The third-order valence-corrected chi connectivity index (χ3v) is 1.92. The number of rotatable bonds is 6. The van der Waals surface area contributed by atoms with Crippen LogP contribution in [0.3, 0.4) is 0 Å². The summed E-state index contributed by atoms with van der Waals surface area (Å²) in [7, 11) is 3.34. The first kappa shape index (κ1) is 11.7. The molecule has 0 bridgehead atoms. The molecule has 0 amide bonds. The molecule has 72 valence electrons. The maximum absolute atomic E-state index is 5.16. The van der Waals surface area contributed by atoms with Crippen LogP contribution in [0.15, 0.2) is 11.6 Å². The first-order valence-electron chi connectivity index (χ1n) is 4.50. The van der Waals surface area contributed by atoms with Gasteiger partial charge in [-0.25, -0.2) is 0 Å². The maximum Gasteiger partial charge on any atom is 0.179 e. The molecule has 0 rings (SSSR count). The molecule has 0 N–H and O–H groups in total. The Kier molecular flexibility index (Phi) is 7.11. The van der Waals surface area contributed by atoms with Gasteiger partial charge < -0.3 is 9.47 Å². The zero-order valence-corrected chi connectivity index (χ0v) is 8.59. The van der Waals surface area contributed by atoms with Gasteiger partial charge in [-0.1, -0.05) is 19.4 Å². The summed E-state index contributed by atoms with van der Waals surface area (Å²) < 4.78 is 10.3.